The molecule has 2 amide bonds. The van der Waals surface area contributed by atoms with Crippen molar-refractivity contribution < 1.29 is 9.59 Å². The van der Waals surface area contributed by atoms with E-state index >= 15 is 0 Å². The molecule has 2 aliphatic rings. The lowest BCUT2D eigenvalue weighted by atomic mass is 9.91. The Morgan fingerprint density at radius 3 is 2.07 bits per heavy atom. The first-order valence-electron chi connectivity index (χ1n) is 9.76. The molecule has 0 aliphatic carbocycles. The van der Waals surface area contributed by atoms with Crippen LogP contribution in [0.5, 0.6) is 0 Å². The number of hydrogen-bond donors (Lipinski definition) is 0. The van der Waals surface area contributed by atoms with Gasteiger partial charge in [-0.2, -0.15) is 0 Å². The fourth-order valence-electron chi connectivity index (χ4n) is 4.18. The second-order valence-electron chi connectivity index (χ2n) is 7.33. The molecule has 0 radical (unpaired) electrons. The van der Waals surface area contributed by atoms with E-state index in [9.17, 15) is 9.59 Å². The molecule has 142 valence electrons. The molecule has 1 saturated heterocycles. The summed E-state index contributed by atoms with van der Waals surface area (Å²) in [6.07, 6.45) is 3.85. The number of benzene rings is 3. The third-order valence-electron chi connectivity index (χ3n) is 5.56. The predicted octanol–water partition coefficient (Wildman–Crippen LogP) is 4.28. The maximum atomic E-state index is 13.6. The summed E-state index contributed by atoms with van der Waals surface area (Å²) in [6, 6.07) is 27.1. The molecule has 4 nitrogen and oxygen atoms in total. The third-order valence-corrected chi connectivity index (χ3v) is 5.56. The van der Waals surface area contributed by atoms with Gasteiger partial charge in [-0.1, -0.05) is 72.8 Å². The second kappa shape index (κ2) is 7.06. The number of carbonyl (C=O) groups excluding carboxylic acids is 2. The standard InChI is InChI=1S/C25H20N2O2/c28-24-21(17-18-9-3-1-4-10-18)25(29)27-22-14-8-7-11-19(22)15-16-23(27)26(24)20-12-5-2-6-13-20/h1-16,21,23H,17H2/t21-,23-/m0/s1. The summed E-state index contributed by atoms with van der Waals surface area (Å²) in [7, 11) is 0. The molecule has 0 aromatic heterocycles. The summed E-state index contributed by atoms with van der Waals surface area (Å²) in [5.74, 6) is -1.06. The summed E-state index contributed by atoms with van der Waals surface area (Å²) in [6.45, 7) is 0. The maximum absolute atomic E-state index is 13.6. The van der Waals surface area contributed by atoms with Gasteiger partial charge in [0.15, 0.2) is 0 Å². The van der Waals surface area contributed by atoms with E-state index in [1.165, 1.54) is 0 Å². The molecular formula is C25H20N2O2. The highest BCUT2D eigenvalue weighted by molar-refractivity contribution is 6.18. The number of amides is 2. The SMILES string of the molecule is O=C1[C@H](Cc2ccccc2)C(=O)N2c3ccccc3C=C[C@H]2N1c1ccccc1. The number of nitrogens with zero attached hydrogens (tertiary/aromatic N) is 2. The molecule has 3 aromatic carbocycles. The molecule has 2 heterocycles. The van der Waals surface area contributed by atoms with Crippen LogP contribution in [-0.4, -0.2) is 18.0 Å². The van der Waals surface area contributed by atoms with Gasteiger partial charge in [0.2, 0.25) is 11.8 Å². The average Bonchev–Trinajstić information content (AvgIpc) is 2.78. The largest absolute Gasteiger partial charge is 0.287 e. The van der Waals surface area contributed by atoms with Crippen molar-refractivity contribution in [2.75, 3.05) is 9.80 Å². The van der Waals surface area contributed by atoms with Gasteiger partial charge in [-0.25, -0.2) is 0 Å². The van der Waals surface area contributed by atoms with Crippen molar-refractivity contribution in [3.05, 3.63) is 102 Å². The normalized spacial score (nSPS) is 20.4. The smallest absolute Gasteiger partial charge is 0.241 e. The highest BCUT2D eigenvalue weighted by atomic mass is 16.2. The molecular weight excluding hydrogens is 360 g/mol. The van der Waals surface area contributed by atoms with E-state index < -0.39 is 12.1 Å². The summed E-state index contributed by atoms with van der Waals surface area (Å²) in [4.78, 5) is 30.6. The zero-order valence-electron chi connectivity index (χ0n) is 15.8. The molecule has 2 atom stereocenters. The Hall–Kier alpha value is -3.66. The van der Waals surface area contributed by atoms with Crippen LogP contribution in [0.4, 0.5) is 11.4 Å². The van der Waals surface area contributed by atoms with Crippen molar-refractivity contribution in [1.82, 2.24) is 0 Å². The van der Waals surface area contributed by atoms with Crippen LogP contribution in [0.2, 0.25) is 0 Å². The number of fused-ring (bicyclic) bond motifs is 3. The number of carbonyl (C=O) groups is 2. The quantitative estimate of drug-likeness (QED) is 0.637. The van der Waals surface area contributed by atoms with Crippen molar-refractivity contribution >= 4 is 29.3 Å². The minimum atomic E-state index is -0.756. The summed E-state index contributed by atoms with van der Waals surface area (Å²) in [5.41, 5.74) is 3.60. The van der Waals surface area contributed by atoms with E-state index in [1.54, 1.807) is 9.80 Å². The van der Waals surface area contributed by atoms with Crippen LogP contribution in [0, 0.1) is 5.92 Å². The molecule has 0 N–H and O–H groups in total. The van der Waals surface area contributed by atoms with Gasteiger partial charge in [-0.3, -0.25) is 19.4 Å². The van der Waals surface area contributed by atoms with Crippen molar-refractivity contribution in [2.45, 2.75) is 12.6 Å². The Kier molecular flexibility index (Phi) is 4.24. The van der Waals surface area contributed by atoms with Gasteiger partial charge >= 0.3 is 0 Å². The maximum Gasteiger partial charge on any atom is 0.241 e. The lowest BCUT2D eigenvalue weighted by Gasteiger charge is -2.46. The lowest BCUT2D eigenvalue weighted by molar-refractivity contribution is -0.135. The van der Waals surface area contributed by atoms with E-state index in [4.69, 9.17) is 0 Å². The van der Waals surface area contributed by atoms with Crippen molar-refractivity contribution in [3.8, 4) is 0 Å². The van der Waals surface area contributed by atoms with E-state index in [0.29, 0.717) is 6.42 Å². The molecule has 29 heavy (non-hydrogen) atoms. The zero-order valence-corrected chi connectivity index (χ0v) is 15.8. The van der Waals surface area contributed by atoms with E-state index in [-0.39, 0.29) is 11.8 Å². The number of anilines is 2. The predicted molar refractivity (Wildman–Crippen MR) is 114 cm³/mol. The first-order valence-corrected chi connectivity index (χ1v) is 9.76. The Labute approximate surface area is 169 Å². The first-order chi connectivity index (χ1) is 14.2. The summed E-state index contributed by atoms with van der Waals surface area (Å²) in [5, 5.41) is 0. The first kappa shape index (κ1) is 17.4. The highest BCUT2D eigenvalue weighted by Gasteiger charge is 2.47. The average molecular weight is 380 g/mol. The molecule has 0 saturated carbocycles. The Bertz CT molecular complexity index is 1090. The number of rotatable bonds is 3. The molecule has 0 unspecified atom stereocenters. The van der Waals surface area contributed by atoms with Gasteiger partial charge in [0.05, 0.1) is 5.69 Å². The van der Waals surface area contributed by atoms with E-state index in [0.717, 1.165) is 22.5 Å². The monoisotopic (exact) mass is 380 g/mol. The van der Waals surface area contributed by atoms with Gasteiger partial charge in [0.25, 0.3) is 0 Å². The fraction of sp³-hybridized carbons (Fsp3) is 0.120. The van der Waals surface area contributed by atoms with Crippen LogP contribution in [0.25, 0.3) is 6.08 Å². The van der Waals surface area contributed by atoms with Crippen molar-refractivity contribution in [2.24, 2.45) is 5.92 Å². The Morgan fingerprint density at radius 2 is 1.31 bits per heavy atom. The minimum Gasteiger partial charge on any atom is -0.287 e. The highest BCUT2D eigenvalue weighted by Crippen LogP contribution is 2.38. The minimum absolute atomic E-state index is 0.146. The van der Waals surface area contributed by atoms with Crippen LogP contribution in [0.15, 0.2) is 91.0 Å². The van der Waals surface area contributed by atoms with E-state index in [2.05, 4.69) is 0 Å². The molecule has 3 aromatic rings. The van der Waals surface area contributed by atoms with E-state index in [1.807, 2.05) is 97.1 Å². The zero-order chi connectivity index (χ0) is 19.8. The van der Waals surface area contributed by atoms with Crippen LogP contribution in [0.1, 0.15) is 11.1 Å². The number of para-hydroxylation sites is 2. The second-order valence-corrected chi connectivity index (χ2v) is 7.33. The molecule has 4 heteroatoms. The van der Waals surface area contributed by atoms with Crippen LogP contribution >= 0.6 is 0 Å². The Morgan fingerprint density at radius 1 is 0.690 bits per heavy atom. The van der Waals surface area contributed by atoms with Crippen LogP contribution in [-0.2, 0) is 16.0 Å². The van der Waals surface area contributed by atoms with Gasteiger partial charge in [0, 0.05) is 5.69 Å². The van der Waals surface area contributed by atoms with Gasteiger partial charge in [0.1, 0.15) is 12.1 Å². The molecule has 1 fully saturated rings. The van der Waals surface area contributed by atoms with Crippen LogP contribution in [0.3, 0.4) is 0 Å². The molecule has 0 spiro atoms. The van der Waals surface area contributed by atoms with Gasteiger partial charge < -0.3 is 0 Å². The topological polar surface area (TPSA) is 40.6 Å². The van der Waals surface area contributed by atoms with Gasteiger partial charge in [-0.15, -0.1) is 0 Å². The Balaban J connectivity index is 1.62. The van der Waals surface area contributed by atoms with Crippen LogP contribution < -0.4 is 9.80 Å². The summed E-state index contributed by atoms with van der Waals surface area (Å²) < 4.78 is 0. The number of hydrogen-bond acceptors (Lipinski definition) is 2. The van der Waals surface area contributed by atoms with Gasteiger partial charge in [-0.05, 0) is 41.8 Å². The van der Waals surface area contributed by atoms with Crippen molar-refractivity contribution in [1.29, 1.82) is 0 Å². The molecule has 2 aliphatic heterocycles. The molecule has 0 bridgehead atoms. The summed E-state index contributed by atoms with van der Waals surface area (Å²) >= 11 is 0. The van der Waals surface area contributed by atoms with Crippen molar-refractivity contribution in [3.63, 3.8) is 0 Å². The molecule has 5 rings (SSSR count). The lowest BCUT2D eigenvalue weighted by Crippen LogP contribution is -2.64. The fourth-order valence-corrected chi connectivity index (χ4v) is 4.18. The third kappa shape index (κ3) is 2.93.